The van der Waals surface area contributed by atoms with Crippen molar-refractivity contribution in [1.29, 1.82) is 0 Å². The molecule has 0 aliphatic heterocycles. The van der Waals surface area contributed by atoms with Gasteiger partial charge in [0.2, 0.25) is 0 Å². The minimum atomic E-state index is -0.536. The molecule has 0 bridgehead atoms. The van der Waals surface area contributed by atoms with Gasteiger partial charge in [-0.25, -0.2) is 9.18 Å². The zero-order valence-corrected chi connectivity index (χ0v) is 14.9. The van der Waals surface area contributed by atoms with Crippen molar-refractivity contribution in [2.45, 2.75) is 40.3 Å². The average molecular weight is 346 g/mol. The first-order chi connectivity index (χ1) is 11.9. The fraction of sp³-hybridized carbons (Fsp3) is 0.368. The number of halogens is 1. The molecule has 1 aromatic heterocycles. The van der Waals surface area contributed by atoms with E-state index in [9.17, 15) is 14.0 Å². The van der Waals surface area contributed by atoms with Gasteiger partial charge in [0.1, 0.15) is 5.82 Å². The van der Waals surface area contributed by atoms with Crippen molar-refractivity contribution >= 4 is 11.8 Å². The highest BCUT2D eigenvalue weighted by molar-refractivity contribution is 6.03. The molecule has 2 aromatic rings. The predicted molar refractivity (Wildman–Crippen MR) is 93.3 cm³/mol. The number of aromatic nitrogens is 1. The molecule has 0 saturated heterocycles. The Balaban J connectivity index is 2.13. The van der Waals surface area contributed by atoms with Gasteiger partial charge in [-0.05, 0) is 39.3 Å². The van der Waals surface area contributed by atoms with Gasteiger partial charge in [0.05, 0.1) is 23.9 Å². The number of H-pyrrole nitrogens is 1. The van der Waals surface area contributed by atoms with E-state index in [1.165, 1.54) is 6.07 Å². The Labute approximate surface area is 146 Å². The van der Waals surface area contributed by atoms with Gasteiger partial charge in [-0.3, -0.25) is 4.79 Å². The van der Waals surface area contributed by atoms with Crippen molar-refractivity contribution in [3.8, 4) is 0 Å². The highest BCUT2D eigenvalue weighted by atomic mass is 19.1. The Morgan fingerprint density at radius 2 is 1.96 bits per heavy atom. The molecule has 134 valence electrons. The minimum Gasteiger partial charge on any atom is -0.462 e. The monoisotopic (exact) mass is 346 g/mol. The Hall–Kier alpha value is -2.47. The molecule has 0 unspecified atom stereocenters. The third kappa shape index (κ3) is 4.14. The summed E-state index contributed by atoms with van der Waals surface area (Å²) < 4.78 is 18.7. The van der Waals surface area contributed by atoms with E-state index in [1.54, 1.807) is 45.9 Å². The summed E-state index contributed by atoms with van der Waals surface area (Å²) in [6.45, 7) is 7.40. The van der Waals surface area contributed by atoms with Crippen LogP contribution in [-0.4, -0.2) is 29.4 Å². The van der Waals surface area contributed by atoms with Gasteiger partial charge in [0.25, 0.3) is 0 Å². The van der Waals surface area contributed by atoms with Crippen LogP contribution in [0.3, 0.4) is 0 Å². The number of hydrogen-bond donors (Lipinski definition) is 2. The van der Waals surface area contributed by atoms with Gasteiger partial charge >= 0.3 is 5.97 Å². The van der Waals surface area contributed by atoms with E-state index >= 15 is 0 Å². The first-order valence-corrected chi connectivity index (χ1v) is 8.24. The lowest BCUT2D eigenvalue weighted by atomic mass is 10.0. The van der Waals surface area contributed by atoms with Gasteiger partial charge in [0, 0.05) is 17.8 Å². The quantitative estimate of drug-likeness (QED) is 0.596. The fourth-order valence-electron chi connectivity index (χ4n) is 2.72. The largest absolute Gasteiger partial charge is 0.462 e. The molecule has 0 aliphatic carbocycles. The molecule has 1 atom stereocenters. The molecule has 25 heavy (non-hydrogen) atoms. The highest BCUT2D eigenvalue weighted by Gasteiger charge is 2.25. The first kappa shape index (κ1) is 18.9. The second-order valence-corrected chi connectivity index (χ2v) is 5.90. The maximum atomic E-state index is 13.7. The predicted octanol–water partition coefficient (Wildman–Crippen LogP) is 3.31. The van der Waals surface area contributed by atoms with E-state index in [2.05, 4.69) is 10.3 Å². The van der Waals surface area contributed by atoms with Crippen LogP contribution in [0, 0.1) is 19.7 Å². The Morgan fingerprint density at radius 1 is 1.28 bits per heavy atom. The van der Waals surface area contributed by atoms with Crippen LogP contribution in [-0.2, 0) is 11.3 Å². The maximum absolute atomic E-state index is 13.7. The molecule has 0 fully saturated rings. The molecule has 1 heterocycles. The summed E-state index contributed by atoms with van der Waals surface area (Å²) in [6, 6.07) is 5.88. The topological polar surface area (TPSA) is 71.2 Å². The fourth-order valence-corrected chi connectivity index (χ4v) is 2.72. The summed E-state index contributed by atoms with van der Waals surface area (Å²) in [5.41, 5.74) is 2.43. The number of ketones is 1. The molecule has 2 N–H and O–H groups in total. The van der Waals surface area contributed by atoms with Crippen molar-refractivity contribution in [1.82, 2.24) is 10.3 Å². The van der Waals surface area contributed by atoms with Gasteiger partial charge in [0.15, 0.2) is 5.78 Å². The Morgan fingerprint density at radius 3 is 2.60 bits per heavy atom. The number of hydrogen-bond acceptors (Lipinski definition) is 4. The van der Waals surface area contributed by atoms with Crippen LogP contribution in [0.5, 0.6) is 0 Å². The average Bonchev–Trinajstić information content (AvgIpc) is 2.88. The molecule has 2 rings (SSSR count). The van der Waals surface area contributed by atoms with E-state index < -0.39 is 12.0 Å². The summed E-state index contributed by atoms with van der Waals surface area (Å²) in [4.78, 5) is 27.7. The molecule has 0 amide bonds. The highest BCUT2D eigenvalue weighted by Crippen LogP contribution is 2.20. The van der Waals surface area contributed by atoms with Crippen LogP contribution in [0.25, 0.3) is 0 Å². The van der Waals surface area contributed by atoms with E-state index in [-0.39, 0.29) is 24.8 Å². The number of esters is 1. The number of Topliss-reactive ketones (excluding diaryl/α,β-unsaturated/α-hetero) is 1. The summed E-state index contributed by atoms with van der Waals surface area (Å²) in [6.07, 6.45) is 0. The lowest BCUT2D eigenvalue weighted by molar-refractivity contribution is 0.0525. The summed E-state index contributed by atoms with van der Waals surface area (Å²) >= 11 is 0. The summed E-state index contributed by atoms with van der Waals surface area (Å²) in [7, 11) is 0. The van der Waals surface area contributed by atoms with E-state index in [1.807, 2.05) is 0 Å². The molecular formula is C19H23FN2O3. The third-order valence-corrected chi connectivity index (χ3v) is 4.11. The second kappa shape index (κ2) is 8.07. The van der Waals surface area contributed by atoms with Gasteiger partial charge in [-0.1, -0.05) is 18.2 Å². The van der Waals surface area contributed by atoms with Crippen LogP contribution in [0.15, 0.2) is 24.3 Å². The molecule has 0 radical (unpaired) electrons. The number of aryl methyl sites for hydroxylation is 1. The maximum Gasteiger partial charge on any atom is 0.340 e. The summed E-state index contributed by atoms with van der Waals surface area (Å²) in [5.74, 6) is -0.946. The number of benzene rings is 1. The number of ether oxygens (including phenoxy) is 1. The molecule has 5 nitrogen and oxygen atoms in total. The van der Waals surface area contributed by atoms with Crippen molar-refractivity contribution in [2.75, 3.05) is 6.61 Å². The van der Waals surface area contributed by atoms with Crippen molar-refractivity contribution < 1.29 is 18.7 Å². The summed E-state index contributed by atoms with van der Waals surface area (Å²) in [5, 5.41) is 3.02. The second-order valence-electron chi connectivity index (χ2n) is 5.90. The standard InChI is InChI=1S/C19H23FN2O3/c1-5-25-19(24)16-11(2)17(22-12(16)3)18(23)13(4)21-10-14-8-6-7-9-15(14)20/h6-9,13,21-22H,5,10H2,1-4H3/t13-/m0/s1. The van der Waals surface area contributed by atoms with Gasteiger partial charge < -0.3 is 15.0 Å². The number of nitrogens with one attached hydrogen (secondary N) is 2. The van der Waals surface area contributed by atoms with E-state index in [4.69, 9.17) is 4.74 Å². The zero-order chi connectivity index (χ0) is 18.6. The van der Waals surface area contributed by atoms with Crippen LogP contribution in [0.2, 0.25) is 0 Å². The van der Waals surface area contributed by atoms with Crippen LogP contribution in [0.4, 0.5) is 4.39 Å². The van der Waals surface area contributed by atoms with Crippen molar-refractivity contribution in [3.05, 3.63) is 58.2 Å². The molecular weight excluding hydrogens is 323 g/mol. The molecule has 0 spiro atoms. The van der Waals surface area contributed by atoms with Gasteiger partial charge in [-0.2, -0.15) is 0 Å². The Kier molecular flexibility index (Phi) is 6.09. The SMILES string of the molecule is CCOC(=O)c1c(C)[nH]c(C(=O)[C@H](C)NCc2ccccc2F)c1C. The number of carbonyl (C=O) groups excluding carboxylic acids is 2. The van der Waals surface area contributed by atoms with Crippen LogP contribution in [0.1, 0.15) is 51.5 Å². The minimum absolute atomic E-state index is 0.188. The number of carbonyl (C=O) groups is 2. The smallest absolute Gasteiger partial charge is 0.340 e. The Bertz CT molecular complexity index is 783. The van der Waals surface area contributed by atoms with Crippen molar-refractivity contribution in [3.63, 3.8) is 0 Å². The normalized spacial score (nSPS) is 12.0. The zero-order valence-electron chi connectivity index (χ0n) is 14.9. The molecule has 0 saturated carbocycles. The van der Waals surface area contributed by atoms with E-state index in [0.717, 1.165) is 0 Å². The number of rotatable bonds is 7. The van der Waals surface area contributed by atoms with Crippen molar-refractivity contribution in [2.24, 2.45) is 0 Å². The first-order valence-electron chi connectivity index (χ1n) is 8.24. The lowest BCUT2D eigenvalue weighted by Gasteiger charge is -2.13. The molecule has 1 aromatic carbocycles. The molecule has 6 heteroatoms. The van der Waals surface area contributed by atoms with Crippen LogP contribution >= 0.6 is 0 Å². The number of aromatic amines is 1. The van der Waals surface area contributed by atoms with Gasteiger partial charge in [-0.15, -0.1) is 0 Å². The van der Waals surface area contributed by atoms with E-state index in [0.29, 0.717) is 28.1 Å². The third-order valence-electron chi connectivity index (χ3n) is 4.11. The lowest BCUT2D eigenvalue weighted by Crippen LogP contribution is -2.34. The molecule has 0 aliphatic rings. The van der Waals surface area contributed by atoms with Crippen LogP contribution < -0.4 is 5.32 Å².